The summed E-state index contributed by atoms with van der Waals surface area (Å²) in [6.45, 7) is 4.93. The van der Waals surface area contributed by atoms with Gasteiger partial charge in [-0.25, -0.2) is 0 Å². The summed E-state index contributed by atoms with van der Waals surface area (Å²) in [6.07, 6.45) is 1.71. The second-order valence-corrected chi connectivity index (χ2v) is 5.80. The lowest BCUT2D eigenvalue weighted by atomic mass is 9.89. The van der Waals surface area contributed by atoms with Gasteiger partial charge in [0.05, 0.1) is 29.5 Å². The van der Waals surface area contributed by atoms with Crippen LogP contribution in [0.25, 0.3) is 0 Å². The third-order valence-electron chi connectivity index (χ3n) is 3.43. The van der Waals surface area contributed by atoms with Crippen molar-refractivity contribution < 1.29 is 9.84 Å². The third-order valence-corrected chi connectivity index (χ3v) is 4.01. The van der Waals surface area contributed by atoms with Crippen molar-refractivity contribution in [3.63, 3.8) is 0 Å². The van der Waals surface area contributed by atoms with Gasteiger partial charge in [-0.2, -0.15) is 5.10 Å². The first kappa shape index (κ1) is 15.2. The van der Waals surface area contributed by atoms with Gasteiger partial charge in [0.1, 0.15) is 5.60 Å². The van der Waals surface area contributed by atoms with E-state index < -0.39 is 5.60 Å². The van der Waals surface area contributed by atoms with Gasteiger partial charge in [0.15, 0.2) is 0 Å². The van der Waals surface area contributed by atoms with E-state index in [9.17, 15) is 5.11 Å². The van der Waals surface area contributed by atoms with E-state index in [1.165, 1.54) is 0 Å². The molecule has 2 aromatic rings. The minimum Gasteiger partial charge on any atom is -0.383 e. The predicted octanol–water partition coefficient (Wildman–Crippen LogP) is 2.86. The fourth-order valence-electron chi connectivity index (χ4n) is 2.44. The van der Waals surface area contributed by atoms with E-state index in [4.69, 9.17) is 4.74 Å². The lowest BCUT2D eigenvalue weighted by Gasteiger charge is -2.27. The predicted molar refractivity (Wildman–Crippen MR) is 81.7 cm³/mol. The Kier molecular flexibility index (Phi) is 4.62. The molecule has 4 nitrogen and oxygen atoms in total. The quantitative estimate of drug-likeness (QED) is 0.911. The summed E-state index contributed by atoms with van der Waals surface area (Å²) in [5, 5.41) is 15.4. The molecule has 0 saturated carbocycles. The van der Waals surface area contributed by atoms with Crippen LogP contribution in [-0.2, 0) is 16.9 Å². The summed E-state index contributed by atoms with van der Waals surface area (Å²) < 4.78 is 7.67. The summed E-state index contributed by atoms with van der Waals surface area (Å²) in [7, 11) is 1.65. The zero-order chi connectivity index (χ0) is 14.8. The molecule has 1 heterocycles. The minimum absolute atomic E-state index is 0.547. The summed E-state index contributed by atoms with van der Waals surface area (Å²) in [6, 6.07) is 7.83. The number of rotatable bonds is 5. The largest absolute Gasteiger partial charge is 0.383 e. The van der Waals surface area contributed by atoms with Crippen LogP contribution in [0, 0.1) is 6.92 Å². The highest BCUT2D eigenvalue weighted by Crippen LogP contribution is 2.35. The first-order valence-electron chi connectivity index (χ1n) is 6.47. The molecular formula is C15H19BrN2O2. The van der Waals surface area contributed by atoms with Crippen molar-refractivity contribution in [2.45, 2.75) is 26.0 Å². The van der Waals surface area contributed by atoms with Gasteiger partial charge in [0.25, 0.3) is 0 Å². The van der Waals surface area contributed by atoms with Gasteiger partial charge < -0.3 is 9.84 Å². The third kappa shape index (κ3) is 2.80. The second kappa shape index (κ2) is 6.08. The molecule has 1 aromatic heterocycles. The van der Waals surface area contributed by atoms with Gasteiger partial charge in [0, 0.05) is 7.11 Å². The smallest absolute Gasteiger partial charge is 0.130 e. The second-order valence-electron chi connectivity index (χ2n) is 4.94. The molecule has 0 aliphatic carbocycles. The fraction of sp³-hybridized carbons (Fsp3) is 0.400. The maximum absolute atomic E-state index is 11.1. The van der Waals surface area contributed by atoms with Crippen LogP contribution in [0.5, 0.6) is 0 Å². The zero-order valence-electron chi connectivity index (χ0n) is 11.9. The molecule has 1 unspecified atom stereocenters. The van der Waals surface area contributed by atoms with Crippen molar-refractivity contribution in [3.8, 4) is 0 Å². The van der Waals surface area contributed by atoms with Crippen LogP contribution in [0.2, 0.25) is 0 Å². The van der Waals surface area contributed by atoms with E-state index >= 15 is 0 Å². The van der Waals surface area contributed by atoms with Crippen LogP contribution in [0.3, 0.4) is 0 Å². The molecule has 2 rings (SSSR count). The van der Waals surface area contributed by atoms with Crippen LogP contribution in [0.1, 0.15) is 23.7 Å². The number of hydrogen-bond acceptors (Lipinski definition) is 3. The monoisotopic (exact) mass is 338 g/mol. The Morgan fingerprint density at radius 2 is 2.10 bits per heavy atom. The first-order chi connectivity index (χ1) is 9.48. The number of ether oxygens (including phenoxy) is 1. The Bertz CT molecular complexity index is 593. The number of hydrogen-bond donors (Lipinski definition) is 1. The highest BCUT2D eigenvalue weighted by Gasteiger charge is 2.33. The highest BCUT2D eigenvalue weighted by atomic mass is 79.9. The Balaban J connectivity index is 2.49. The van der Waals surface area contributed by atoms with Gasteiger partial charge in [-0.15, -0.1) is 0 Å². The number of halogens is 1. The van der Waals surface area contributed by atoms with Crippen molar-refractivity contribution in [1.29, 1.82) is 0 Å². The summed E-state index contributed by atoms with van der Waals surface area (Å²) in [5.41, 5.74) is 1.54. The van der Waals surface area contributed by atoms with Crippen molar-refractivity contribution in [2.24, 2.45) is 0 Å². The van der Waals surface area contributed by atoms with Gasteiger partial charge in [-0.05, 0) is 40.9 Å². The Labute approximate surface area is 127 Å². The molecule has 108 valence electrons. The van der Waals surface area contributed by atoms with Gasteiger partial charge in [0.2, 0.25) is 0 Å². The summed E-state index contributed by atoms with van der Waals surface area (Å²) in [4.78, 5) is 0. The topological polar surface area (TPSA) is 47.3 Å². The molecule has 0 radical (unpaired) electrons. The lowest BCUT2D eigenvalue weighted by Crippen LogP contribution is -2.29. The van der Waals surface area contributed by atoms with E-state index in [1.807, 2.05) is 31.2 Å². The van der Waals surface area contributed by atoms with E-state index in [0.717, 1.165) is 21.3 Å². The average Bonchev–Trinajstić information content (AvgIpc) is 2.78. The molecular weight excluding hydrogens is 320 g/mol. The first-order valence-corrected chi connectivity index (χ1v) is 7.27. The molecule has 1 atom stereocenters. The van der Waals surface area contributed by atoms with Crippen LogP contribution in [-0.4, -0.2) is 28.6 Å². The fourth-order valence-corrected chi connectivity index (χ4v) is 3.12. The molecule has 0 amide bonds. The van der Waals surface area contributed by atoms with Gasteiger partial charge >= 0.3 is 0 Å². The number of nitrogens with zero attached hydrogens (tertiary/aromatic N) is 2. The van der Waals surface area contributed by atoms with E-state index in [2.05, 4.69) is 21.0 Å². The summed E-state index contributed by atoms with van der Waals surface area (Å²) >= 11 is 3.48. The summed E-state index contributed by atoms with van der Waals surface area (Å²) in [5.74, 6) is 0. The Hall–Kier alpha value is -1.17. The molecule has 0 aliphatic rings. The highest BCUT2D eigenvalue weighted by molar-refractivity contribution is 9.10. The molecule has 0 spiro atoms. The van der Waals surface area contributed by atoms with Crippen molar-refractivity contribution in [3.05, 3.63) is 51.8 Å². The van der Waals surface area contributed by atoms with Crippen LogP contribution < -0.4 is 0 Å². The molecule has 5 heteroatoms. The van der Waals surface area contributed by atoms with Gasteiger partial charge in [-0.1, -0.05) is 24.3 Å². The lowest BCUT2D eigenvalue weighted by molar-refractivity contribution is 0.0869. The van der Waals surface area contributed by atoms with Crippen LogP contribution >= 0.6 is 15.9 Å². The standard InChI is InChI=1S/C15H19BrN2O2/c1-11-6-4-5-7-12(11)15(2,19)14-13(16)10-17-18(14)8-9-20-3/h4-7,10,19H,8-9H2,1-3H3. The number of aromatic nitrogens is 2. The molecule has 20 heavy (non-hydrogen) atoms. The SMILES string of the molecule is COCCn1ncc(Br)c1C(C)(O)c1ccccc1C. The molecule has 0 fully saturated rings. The Morgan fingerprint density at radius 3 is 2.75 bits per heavy atom. The molecule has 0 saturated heterocycles. The maximum atomic E-state index is 11.1. The average molecular weight is 339 g/mol. The van der Waals surface area contributed by atoms with E-state index in [0.29, 0.717) is 13.2 Å². The Morgan fingerprint density at radius 1 is 1.40 bits per heavy atom. The molecule has 1 aromatic carbocycles. The van der Waals surface area contributed by atoms with Crippen LogP contribution in [0.4, 0.5) is 0 Å². The van der Waals surface area contributed by atoms with E-state index in [-0.39, 0.29) is 0 Å². The molecule has 0 bridgehead atoms. The minimum atomic E-state index is -1.12. The van der Waals surface area contributed by atoms with E-state index in [1.54, 1.807) is 24.9 Å². The number of methoxy groups -OCH3 is 1. The van der Waals surface area contributed by atoms with Crippen LogP contribution in [0.15, 0.2) is 34.9 Å². The number of aliphatic hydroxyl groups is 1. The normalized spacial score (nSPS) is 14.2. The maximum Gasteiger partial charge on any atom is 0.130 e. The van der Waals surface area contributed by atoms with Gasteiger partial charge in [-0.3, -0.25) is 4.68 Å². The van der Waals surface area contributed by atoms with Crippen molar-refractivity contribution in [2.75, 3.05) is 13.7 Å². The van der Waals surface area contributed by atoms with Crippen molar-refractivity contribution >= 4 is 15.9 Å². The van der Waals surface area contributed by atoms with Crippen molar-refractivity contribution in [1.82, 2.24) is 9.78 Å². The molecule has 1 N–H and O–H groups in total. The zero-order valence-corrected chi connectivity index (χ0v) is 13.5. The number of aryl methyl sites for hydroxylation is 1. The molecule has 0 aliphatic heterocycles. The number of benzene rings is 1.